The van der Waals surface area contributed by atoms with Gasteiger partial charge in [0.1, 0.15) is 4.83 Å². The predicted octanol–water partition coefficient (Wildman–Crippen LogP) is 4.00. The van der Waals surface area contributed by atoms with Gasteiger partial charge in [0.2, 0.25) is 5.91 Å². The molecule has 2 atom stereocenters. The SMILES string of the molecule is CC(C)Cn1c(S[C@H](C)C(=O)NC2CC2)nc2sc3c(c2c1=O)CC[C@@H](C)C3. The highest BCUT2D eigenvalue weighted by atomic mass is 32.2. The average Bonchev–Trinajstić information content (AvgIpc) is 3.36. The van der Waals surface area contributed by atoms with Gasteiger partial charge in [0.15, 0.2) is 5.16 Å². The number of aromatic nitrogens is 2. The molecule has 2 heterocycles. The number of carbonyl (C=O) groups is 1. The molecule has 0 radical (unpaired) electrons. The number of carbonyl (C=O) groups excluding carboxylic acids is 1. The molecule has 0 aromatic carbocycles. The molecule has 0 aliphatic heterocycles. The van der Waals surface area contributed by atoms with Crippen molar-refractivity contribution in [3.8, 4) is 0 Å². The van der Waals surface area contributed by atoms with Crippen molar-refractivity contribution < 1.29 is 4.79 Å². The minimum absolute atomic E-state index is 0.0391. The van der Waals surface area contributed by atoms with Gasteiger partial charge in [-0.15, -0.1) is 11.3 Å². The first-order valence-corrected chi connectivity index (χ1v) is 12.0. The number of rotatable bonds is 6. The third-order valence-corrected chi connectivity index (χ3v) is 7.74. The lowest BCUT2D eigenvalue weighted by atomic mass is 9.89. The first-order chi connectivity index (χ1) is 13.3. The molecule has 152 valence electrons. The second kappa shape index (κ2) is 7.82. The quantitative estimate of drug-likeness (QED) is 0.568. The smallest absolute Gasteiger partial charge is 0.263 e. The number of thioether (sulfide) groups is 1. The van der Waals surface area contributed by atoms with Crippen LogP contribution in [0.5, 0.6) is 0 Å². The summed E-state index contributed by atoms with van der Waals surface area (Å²) in [5.41, 5.74) is 1.30. The van der Waals surface area contributed by atoms with Crippen molar-refractivity contribution in [2.24, 2.45) is 11.8 Å². The summed E-state index contributed by atoms with van der Waals surface area (Å²) in [6, 6.07) is 0.342. The summed E-state index contributed by atoms with van der Waals surface area (Å²) in [5, 5.41) is 4.30. The number of nitrogens with zero attached hydrogens (tertiary/aromatic N) is 2. The molecule has 2 aromatic rings. The lowest BCUT2D eigenvalue weighted by Crippen LogP contribution is -2.33. The maximum absolute atomic E-state index is 13.5. The molecule has 2 aliphatic rings. The Balaban J connectivity index is 1.73. The highest BCUT2D eigenvalue weighted by Gasteiger charge is 2.28. The van der Waals surface area contributed by atoms with Crippen LogP contribution in [0.2, 0.25) is 0 Å². The molecule has 0 saturated heterocycles. The zero-order valence-electron chi connectivity index (χ0n) is 17.1. The molecule has 2 aromatic heterocycles. The van der Waals surface area contributed by atoms with E-state index in [0.717, 1.165) is 42.3 Å². The van der Waals surface area contributed by atoms with E-state index >= 15 is 0 Å². The molecule has 0 unspecified atom stereocenters. The van der Waals surface area contributed by atoms with E-state index < -0.39 is 0 Å². The van der Waals surface area contributed by atoms with Crippen LogP contribution in [0.1, 0.15) is 57.4 Å². The van der Waals surface area contributed by atoms with E-state index in [2.05, 4.69) is 26.1 Å². The monoisotopic (exact) mass is 419 g/mol. The number of hydrogen-bond acceptors (Lipinski definition) is 5. The van der Waals surface area contributed by atoms with Gasteiger partial charge < -0.3 is 5.32 Å². The van der Waals surface area contributed by atoms with Crippen LogP contribution >= 0.6 is 23.1 Å². The molecular formula is C21H29N3O2S2. The summed E-state index contributed by atoms with van der Waals surface area (Å²) in [4.78, 5) is 33.0. The summed E-state index contributed by atoms with van der Waals surface area (Å²) < 4.78 is 1.81. The standard InChI is InChI=1S/C21H29N3O2S2/c1-11(2)10-24-20(26)17-15-8-5-12(3)9-16(15)28-19(17)23-21(24)27-13(4)18(25)22-14-6-7-14/h11-14H,5-10H2,1-4H3,(H,22,25)/t12-,13-/m1/s1. The van der Waals surface area contributed by atoms with Gasteiger partial charge in [-0.05, 0) is 56.4 Å². The Morgan fingerprint density at radius 1 is 1.32 bits per heavy atom. The number of hydrogen-bond donors (Lipinski definition) is 1. The highest BCUT2D eigenvalue weighted by Crippen LogP contribution is 2.37. The van der Waals surface area contributed by atoms with Crippen molar-refractivity contribution in [1.82, 2.24) is 14.9 Å². The molecule has 2 aliphatic carbocycles. The minimum atomic E-state index is -0.266. The lowest BCUT2D eigenvalue weighted by Gasteiger charge is -2.18. The second-order valence-corrected chi connectivity index (χ2v) is 11.2. The molecule has 7 heteroatoms. The van der Waals surface area contributed by atoms with Gasteiger partial charge in [-0.2, -0.15) is 0 Å². The fourth-order valence-corrected chi connectivity index (χ4v) is 6.13. The van der Waals surface area contributed by atoms with Crippen LogP contribution in [0.15, 0.2) is 9.95 Å². The number of thiophene rings is 1. The zero-order valence-corrected chi connectivity index (χ0v) is 18.7. The van der Waals surface area contributed by atoms with Gasteiger partial charge in [0.25, 0.3) is 5.56 Å². The number of nitrogens with one attached hydrogen (secondary N) is 1. The summed E-state index contributed by atoms with van der Waals surface area (Å²) in [7, 11) is 0. The zero-order chi connectivity index (χ0) is 20.0. The molecule has 4 rings (SSSR count). The predicted molar refractivity (Wildman–Crippen MR) is 116 cm³/mol. The first-order valence-electron chi connectivity index (χ1n) is 10.4. The minimum Gasteiger partial charge on any atom is -0.352 e. The molecule has 1 saturated carbocycles. The third kappa shape index (κ3) is 4.01. The van der Waals surface area contributed by atoms with Gasteiger partial charge in [-0.25, -0.2) is 4.98 Å². The topological polar surface area (TPSA) is 64.0 Å². The summed E-state index contributed by atoms with van der Waals surface area (Å²) in [6.07, 6.45) is 5.30. The number of aryl methyl sites for hydroxylation is 1. The van der Waals surface area contributed by atoms with Crippen molar-refractivity contribution in [3.05, 3.63) is 20.8 Å². The van der Waals surface area contributed by atoms with Gasteiger partial charge in [-0.3, -0.25) is 14.2 Å². The average molecular weight is 420 g/mol. The molecule has 0 bridgehead atoms. The van der Waals surface area contributed by atoms with E-state index in [4.69, 9.17) is 4.98 Å². The van der Waals surface area contributed by atoms with Gasteiger partial charge in [-0.1, -0.05) is 32.5 Å². The van der Waals surface area contributed by atoms with Crippen molar-refractivity contribution in [2.75, 3.05) is 0 Å². The fourth-order valence-electron chi connectivity index (χ4n) is 3.78. The van der Waals surface area contributed by atoms with Crippen LogP contribution in [-0.2, 0) is 24.2 Å². The molecule has 5 nitrogen and oxygen atoms in total. The van der Waals surface area contributed by atoms with E-state index in [9.17, 15) is 9.59 Å². The fraction of sp³-hybridized carbons (Fsp3) is 0.667. The summed E-state index contributed by atoms with van der Waals surface area (Å²) in [6.45, 7) is 9.03. The number of fused-ring (bicyclic) bond motifs is 3. The normalized spacial score (nSPS) is 20.4. The van der Waals surface area contributed by atoms with Crippen molar-refractivity contribution in [2.45, 2.75) is 82.8 Å². The Kier molecular flexibility index (Phi) is 5.58. The molecule has 1 fully saturated rings. The molecular weight excluding hydrogens is 390 g/mol. The molecule has 0 spiro atoms. The summed E-state index contributed by atoms with van der Waals surface area (Å²) >= 11 is 3.09. The first kappa shape index (κ1) is 20.0. The van der Waals surface area contributed by atoms with Crippen molar-refractivity contribution in [1.29, 1.82) is 0 Å². The summed E-state index contributed by atoms with van der Waals surface area (Å²) in [5.74, 6) is 1.04. The van der Waals surface area contributed by atoms with Crippen LogP contribution < -0.4 is 10.9 Å². The molecule has 28 heavy (non-hydrogen) atoms. The Bertz CT molecular complexity index is 959. The van der Waals surface area contributed by atoms with Crippen molar-refractivity contribution >= 4 is 39.2 Å². The van der Waals surface area contributed by atoms with Crippen LogP contribution in [0.4, 0.5) is 0 Å². The van der Waals surface area contributed by atoms with Crippen LogP contribution in [0.3, 0.4) is 0 Å². The molecule has 1 N–H and O–H groups in total. The maximum Gasteiger partial charge on any atom is 0.263 e. The number of amides is 1. The Morgan fingerprint density at radius 3 is 2.75 bits per heavy atom. The Labute approximate surface area is 174 Å². The molecule has 1 amide bonds. The van der Waals surface area contributed by atoms with E-state index in [1.807, 2.05) is 11.5 Å². The van der Waals surface area contributed by atoms with E-state index in [0.29, 0.717) is 29.6 Å². The highest BCUT2D eigenvalue weighted by molar-refractivity contribution is 8.00. The Hall–Kier alpha value is -1.34. The van der Waals surface area contributed by atoms with Crippen LogP contribution in [0.25, 0.3) is 10.2 Å². The van der Waals surface area contributed by atoms with Gasteiger partial charge >= 0.3 is 0 Å². The Morgan fingerprint density at radius 2 is 2.07 bits per heavy atom. The van der Waals surface area contributed by atoms with Gasteiger partial charge in [0, 0.05) is 17.5 Å². The second-order valence-electron chi connectivity index (χ2n) is 8.78. The third-order valence-electron chi connectivity index (χ3n) is 5.50. The van der Waals surface area contributed by atoms with Crippen LogP contribution in [0, 0.1) is 11.8 Å². The van der Waals surface area contributed by atoms with E-state index in [1.54, 1.807) is 11.3 Å². The lowest BCUT2D eigenvalue weighted by molar-refractivity contribution is -0.120. The maximum atomic E-state index is 13.5. The van der Waals surface area contributed by atoms with E-state index in [-0.39, 0.29) is 16.7 Å². The van der Waals surface area contributed by atoms with Crippen molar-refractivity contribution in [3.63, 3.8) is 0 Å². The van der Waals surface area contributed by atoms with Crippen LogP contribution in [-0.4, -0.2) is 26.8 Å². The van der Waals surface area contributed by atoms with E-state index in [1.165, 1.54) is 22.2 Å². The van der Waals surface area contributed by atoms with Gasteiger partial charge in [0.05, 0.1) is 10.6 Å². The largest absolute Gasteiger partial charge is 0.352 e.